The second-order valence-electron chi connectivity index (χ2n) is 5.68. The van der Waals surface area contributed by atoms with Gasteiger partial charge in [-0.2, -0.15) is 0 Å². The van der Waals surface area contributed by atoms with Crippen LogP contribution in [0, 0.1) is 0 Å². The van der Waals surface area contributed by atoms with E-state index in [9.17, 15) is 9.59 Å². The highest BCUT2D eigenvalue weighted by atomic mass is 16.7. The number of aryl methyl sites for hydroxylation is 1. The summed E-state index contributed by atoms with van der Waals surface area (Å²) in [5.74, 6) is -0.811. The van der Waals surface area contributed by atoms with E-state index < -0.39 is 19.1 Å². The molecule has 7 heteroatoms. The van der Waals surface area contributed by atoms with Crippen LogP contribution in [0.3, 0.4) is 0 Å². The van der Waals surface area contributed by atoms with E-state index in [1.165, 1.54) is 5.56 Å². The van der Waals surface area contributed by atoms with Crippen LogP contribution in [0.5, 0.6) is 0 Å². The monoisotopic (exact) mass is 303 g/mol. The minimum atomic E-state index is -0.922. The lowest BCUT2D eigenvalue weighted by atomic mass is 9.80. The van der Waals surface area contributed by atoms with Crippen molar-refractivity contribution >= 4 is 19.1 Å². The van der Waals surface area contributed by atoms with Crippen LogP contribution in [-0.2, 0) is 30.1 Å². The van der Waals surface area contributed by atoms with Crippen molar-refractivity contribution in [1.29, 1.82) is 0 Å². The highest BCUT2D eigenvalue weighted by molar-refractivity contribution is 6.51. The molecule has 0 bridgehead atoms. The van der Waals surface area contributed by atoms with Crippen molar-refractivity contribution in [3.05, 3.63) is 35.9 Å². The van der Waals surface area contributed by atoms with Gasteiger partial charge in [0.05, 0.1) is 19.2 Å². The Morgan fingerprint density at radius 3 is 2.41 bits per heavy atom. The molecule has 1 aromatic carbocycles. The normalized spacial score (nSPS) is 26.0. The van der Waals surface area contributed by atoms with E-state index in [0.29, 0.717) is 0 Å². The first-order chi connectivity index (χ1) is 10.6. The summed E-state index contributed by atoms with van der Waals surface area (Å²) in [5, 5.41) is 0. The highest BCUT2D eigenvalue weighted by Gasteiger charge is 2.55. The highest BCUT2D eigenvalue weighted by Crippen LogP contribution is 2.30. The average Bonchev–Trinajstić information content (AvgIpc) is 3.23. The van der Waals surface area contributed by atoms with Crippen LogP contribution in [-0.4, -0.2) is 56.2 Å². The molecule has 0 spiro atoms. The number of nitrogens with zero attached hydrogens (tertiary/aromatic N) is 1. The van der Waals surface area contributed by atoms with E-state index in [4.69, 9.17) is 14.0 Å². The first-order valence-electron chi connectivity index (χ1n) is 7.39. The average molecular weight is 303 g/mol. The van der Waals surface area contributed by atoms with Gasteiger partial charge in [0.1, 0.15) is 6.00 Å². The van der Waals surface area contributed by atoms with Crippen molar-refractivity contribution < 1.29 is 23.6 Å². The molecular weight excluding hydrogens is 285 g/mol. The molecule has 0 N–H and O–H groups in total. The number of carbonyl (C=O) groups is 2. The van der Waals surface area contributed by atoms with E-state index >= 15 is 0 Å². The van der Waals surface area contributed by atoms with Gasteiger partial charge in [-0.25, -0.2) is 0 Å². The van der Waals surface area contributed by atoms with Crippen molar-refractivity contribution in [3.63, 3.8) is 0 Å². The Labute approximate surface area is 129 Å². The molecule has 3 rings (SSSR count). The molecule has 2 aliphatic rings. The van der Waals surface area contributed by atoms with Gasteiger partial charge >= 0.3 is 19.1 Å². The molecule has 1 aromatic rings. The SMILES string of the molecule is CN1CC(=O)OB([C@H]2O[C@@H]2CCc2ccccc2)OC(=O)C1. The quantitative estimate of drug-likeness (QED) is 0.594. The van der Waals surface area contributed by atoms with Crippen LogP contribution >= 0.6 is 0 Å². The minimum Gasteiger partial charge on any atom is -0.496 e. The third-order valence-electron chi connectivity index (χ3n) is 3.74. The second kappa shape index (κ2) is 6.50. The molecular formula is C15H18BNO5. The lowest BCUT2D eigenvalue weighted by molar-refractivity contribution is -0.145. The zero-order valence-corrected chi connectivity index (χ0v) is 12.4. The standard InChI is InChI=1S/C15H18BNO5/c1-17-9-13(18)21-16(22-14(19)10-17)15-12(20-15)8-7-11-5-3-2-4-6-11/h2-6,12,15H,7-10H2,1H3/t12-,15+/m1/s1. The van der Waals surface area contributed by atoms with Crippen LogP contribution in [0.25, 0.3) is 0 Å². The largest absolute Gasteiger partial charge is 0.632 e. The molecule has 0 radical (unpaired) electrons. The molecule has 2 atom stereocenters. The number of carbonyl (C=O) groups excluding carboxylic acids is 2. The smallest absolute Gasteiger partial charge is 0.496 e. The summed E-state index contributed by atoms with van der Waals surface area (Å²) in [7, 11) is 0.744. The van der Waals surface area contributed by atoms with E-state index in [0.717, 1.165) is 12.8 Å². The summed E-state index contributed by atoms with van der Waals surface area (Å²) in [6.45, 7) is 0.153. The van der Waals surface area contributed by atoms with Gasteiger partial charge in [-0.05, 0) is 25.5 Å². The third-order valence-corrected chi connectivity index (χ3v) is 3.74. The van der Waals surface area contributed by atoms with Gasteiger partial charge in [0.15, 0.2) is 0 Å². The van der Waals surface area contributed by atoms with Crippen LogP contribution in [0.2, 0.25) is 0 Å². The predicted molar refractivity (Wildman–Crippen MR) is 78.9 cm³/mol. The number of rotatable bonds is 4. The molecule has 2 aliphatic heterocycles. The summed E-state index contributed by atoms with van der Waals surface area (Å²) >= 11 is 0. The molecule has 116 valence electrons. The fraction of sp³-hybridized carbons (Fsp3) is 0.467. The van der Waals surface area contributed by atoms with Gasteiger partial charge < -0.3 is 14.0 Å². The van der Waals surface area contributed by atoms with Crippen LogP contribution in [0.15, 0.2) is 30.3 Å². The summed E-state index contributed by atoms with van der Waals surface area (Å²) in [4.78, 5) is 24.9. The summed E-state index contributed by atoms with van der Waals surface area (Å²) in [5.41, 5.74) is 1.23. The Morgan fingerprint density at radius 2 is 1.77 bits per heavy atom. The van der Waals surface area contributed by atoms with Crippen molar-refractivity contribution in [2.24, 2.45) is 0 Å². The molecule has 0 saturated carbocycles. The number of ether oxygens (including phenoxy) is 1. The van der Waals surface area contributed by atoms with Crippen LogP contribution < -0.4 is 0 Å². The predicted octanol–water partition coefficient (Wildman–Crippen LogP) is 0.446. The van der Waals surface area contributed by atoms with Gasteiger partial charge in [0, 0.05) is 0 Å². The molecule has 22 heavy (non-hydrogen) atoms. The van der Waals surface area contributed by atoms with E-state index in [-0.39, 0.29) is 25.2 Å². The summed E-state index contributed by atoms with van der Waals surface area (Å²) < 4.78 is 15.9. The second-order valence-corrected chi connectivity index (χ2v) is 5.68. The lowest BCUT2D eigenvalue weighted by Crippen LogP contribution is -2.45. The Balaban J connectivity index is 1.52. The summed E-state index contributed by atoms with van der Waals surface area (Å²) in [6.07, 6.45) is 1.64. The van der Waals surface area contributed by atoms with Gasteiger partial charge in [-0.1, -0.05) is 30.3 Å². The maximum Gasteiger partial charge on any atom is 0.632 e. The Hall–Kier alpha value is -1.86. The zero-order chi connectivity index (χ0) is 15.5. The molecule has 2 saturated heterocycles. The Bertz CT molecular complexity index is 532. The first-order valence-corrected chi connectivity index (χ1v) is 7.39. The van der Waals surface area contributed by atoms with Gasteiger partial charge in [0.25, 0.3) is 0 Å². The van der Waals surface area contributed by atoms with Crippen molar-refractivity contribution in [2.45, 2.75) is 24.9 Å². The van der Waals surface area contributed by atoms with Crippen molar-refractivity contribution in [1.82, 2.24) is 4.90 Å². The lowest BCUT2D eigenvalue weighted by Gasteiger charge is -2.21. The van der Waals surface area contributed by atoms with Crippen LogP contribution in [0.1, 0.15) is 12.0 Å². The maximum absolute atomic E-state index is 11.7. The topological polar surface area (TPSA) is 68.4 Å². The number of hydrogen-bond donors (Lipinski definition) is 0. The zero-order valence-electron chi connectivity index (χ0n) is 12.4. The number of hydrogen-bond acceptors (Lipinski definition) is 6. The van der Waals surface area contributed by atoms with Gasteiger partial charge in [0.2, 0.25) is 0 Å². The molecule has 2 fully saturated rings. The van der Waals surface area contributed by atoms with Crippen molar-refractivity contribution in [3.8, 4) is 0 Å². The van der Waals surface area contributed by atoms with E-state index in [1.54, 1.807) is 11.9 Å². The fourth-order valence-electron chi connectivity index (χ4n) is 2.57. The van der Waals surface area contributed by atoms with Crippen LogP contribution in [0.4, 0.5) is 0 Å². The van der Waals surface area contributed by atoms with Crippen molar-refractivity contribution in [2.75, 3.05) is 20.1 Å². The molecule has 6 nitrogen and oxygen atoms in total. The first kappa shape index (κ1) is 15.1. The third kappa shape index (κ3) is 3.87. The Morgan fingerprint density at radius 1 is 1.14 bits per heavy atom. The number of likely N-dealkylation sites (N-methyl/N-ethyl adjacent to an activating group) is 1. The molecule has 2 heterocycles. The minimum absolute atomic E-state index is 0.0389. The molecule has 0 aliphatic carbocycles. The fourth-order valence-corrected chi connectivity index (χ4v) is 2.57. The molecule has 0 amide bonds. The molecule has 0 aromatic heterocycles. The molecule has 0 unspecified atom stereocenters. The van der Waals surface area contributed by atoms with Gasteiger partial charge in [-0.3, -0.25) is 14.5 Å². The van der Waals surface area contributed by atoms with Gasteiger partial charge in [-0.15, -0.1) is 0 Å². The number of benzene rings is 1. The summed E-state index contributed by atoms with van der Waals surface area (Å²) in [6, 6.07) is 9.74. The number of epoxide rings is 1. The van der Waals surface area contributed by atoms with E-state index in [1.807, 2.05) is 18.2 Å². The van der Waals surface area contributed by atoms with E-state index in [2.05, 4.69) is 12.1 Å². The Kier molecular flexibility index (Phi) is 4.45. The maximum atomic E-state index is 11.7.